The van der Waals surface area contributed by atoms with E-state index in [1.54, 1.807) is 16.7 Å². The average molecular weight is 391 g/mol. The van der Waals surface area contributed by atoms with Crippen LogP contribution in [-0.2, 0) is 9.53 Å². The third-order valence-electron chi connectivity index (χ3n) is 4.97. The summed E-state index contributed by atoms with van der Waals surface area (Å²) in [6.45, 7) is 1.29. The number of thioether (sulfide) groups is 1. The number of likely N-dealkylation sites (tertiary alicyclic amines) is 1. The van der Waals surface area contributed by atoms with E-state index in [1.807, 2.05) is 30.5 Å². The van der Waals surface area contributed by atoms with Crippen LogP contribution in [0, 0.1) is 0 Å². The molecule has 146 valence electrons. The third kappa shape index (κ3) is 4.74. The molecule has 27 heavy (non-hydrogen) atoms. The second-order valence-electron chi connectivity index (χ2n) is 6.71. The molecule has 1 aromatic heterocycles. The Morgan fingerprint density at radius 2 is 2.11 bits per heavy atom. The molecule has 2 aromatic rings. The second-order valence-corrected chi connectivity index (χ2v) is 7.69. The lowest BCUT2D eigenvalue weighted by Gasteiger charge is -2.32. The van der Waals surface area contributed by atoms with Gasteiger partial charge in [-0.3, -0.25) is 0 Å². The summed E-state index contributed by atoms with van der Waals surface area (Å²) in [7, 11) is 1.35. The number of methoxy groups -OCH3 is 1. The first-order chi connectivity index (χ1) is 13.1. The van der Waals surface area contributed by atoms with E-state index < -0.39 is 12.0 Å². The van der Waals surface area contributed by atoms with Crippen molar-refractivity contribution in [2.24, 2.45) is 0 Å². The highest BCUT2D eigenvalue weighted by Crippen LogP contribution is 2.27. The molecule has 0 saturated carbocycles. The third-order valence-corrected chi connectivity index (χ3v) is 5.61. The number of carbonyl (C=O) groups excluding carboxylic acids is 2. The summed E-state index contributed by atoms with van der Waals surface area (Å²) >= 11 is 1.64. The van der Waals surface area contributed by atoms with E-state index in [-0.39, 0.29) is 6.03 Å². The highest BCUT2D eigenvalue weighted by molar-refractivity contribution is 7.98. The number of ether oxygens (including phenoxy) is 1. The first-order valence-electron chi connectivity index (χ1n) is 9.19. The lowest BCUT2D eigenvalue weighted by Crippen LogP contribution is -2.50. The van der Waals surface area contributed by atoms with Crippen LogP contribution in [0.5, 0.6) is 0 Å². The Morgan fingerprint density at radius 1 is 1.37 bits per heavy atom. The number of hydrogen-bond donors (Lipinski definition) is 2. The van der Waals surface area contributed by atoms with Gasteiger partial charge in [0.05, 0.1) is 18.1 Å². The molecule has 2 heterocycles. The molecule has 3 rings (SSSR count). The van der Waals surface area contributed by atoms with Crippen LogP contribution in [-0.4, -0.2) is 65.1 Å². The largest absolute Gasteiger partial charge is 0.467 e. The van der Waals surface area contributed by atoms with Gasteiger partial charge in [0, 0.05) is 19.0 Å². The highest BCUT2D eigenvalue weighted by atomic mass is 32.2. The van der Waals surface area contributed by atoms with E-state index in [4.69, 9.17) is 4.74 Å². The number of imidazole rings is 1. The van der Waals surface area contributed by atoms with Crippen LogP contribution in [0.3, 0.4) is 0 Å². The minimum absolute atomic E-state index is 0.199. The lowest BCUT2D eigenvalue weighted by molar-refractivity contribution is -0.142. The Hall–Kier alpha value is -2.22. The van der Waals surface area contributed by atoms with Crippen molar-refractivity contribution in [3.8, 4) is 0 Å². The van der Waals surface area contributed by atoms with Crippen LogP contribution in [0.2, 0.25) is 0 Å². The molecule has 1 aliphatic rings. The number of piperidine rings is 1. The summed E-state index contributed by atoms with van der Waals surface area (Å²) < 4.78 is 4.81. The van der Waals surface area contributed by atoms with E-state index in [9.17, 15) is 9.59 Å². The topological polar surface area (TPSA) is 87.3 Å². The van der Waals surface area contributed by atoms with Crippen molar-refractivity contribution < 1.29 is 14.3 Å². The van der Waals surface area contributed by atoms with E-state index in [1.165, 1.54) is 7.11 Å². The summed E-state index contributed by atoms with van der Waals surface area (Å²) in [4.78, 5) is 34.3. The number of para-hydroxylation sites is 2. The Kier molecular flexibility index (Phi) is 6.60. The van der Waals surface area contributed by atoms with Crippen LogP contribution >= 0.6 is 11.8 Å². The minimum atomic E-state index is -0.594. The van der Waals surface area contributed by atoms with Gasteiger partial charge in [0.1, 0.15) is 11.9 Å². The van der Waals surface area contributed by atoms with Gasteiger partial charge in [0.25, 0.3) is 0 Å². The fraction of sp³-hybridized carbons (Fsp3) is 0.526. The van der Waals surface area contributed by atoms with Gasteiger partial charge in [-0.2, -0.15) is 11.8 Å². The smallest absolute Gasteiger partial charge is 0.328 e. The van der Waals surface area contributed by atoms with Crippen molar-refractivity contribution in [1.29, 1.82) is 0 Å². The molecule has 1 fully saturated rings. The standard InChI is InChI=1S/C19H26N4O3S/c1-26-18(24)16(9-12-27-2)22-19(25)23-10-7-13(8-11-23)17-20-14-5-3-4-6-15(14)21-17/h3-6,13,16H,7-12H2,1-2H3,(H,20,21)(H,22,25)/t16-/m1/s1. The van der Waals surface area contributed by atoms with Crippen LogP contribution in [0.15, 0.2) is 24.3 Å². The van der Waals surface area contributed by atoms with Gasteiger partial charge in [-0.25, -0.2) is 14.6 Å². The molecular formula is C19H26N4O3S. The molecular weight excluding hydrogens is 364 g/mol. The highest BCUT2D eigenvalue weighted by Gasteiger charge is 2.28. The number of esters is 1. The molecule has 1 aliphatic heterocycles. The zero-order valence-corrected chi connectivity index (χ0v) is 16.6. The molecule has 2 N–H and O–H groups in total. The molecule has 7 nitrogen and oxygen atoms in total. The summed E-state index contributed by atoms with van der Waals surface area (Å²) in [5.74, 6) is 1.70. The van der Waals surface area contributed by atoms with Crippen molar-refractivity contribution in [3.05, 3.63) is 30.1 Å². The van der Waals surface area contributed by atoms with Crippen molar-refractivity contribution in [2.45, 2.75) is 31.2 Å². The normalized spacial score (nSPS) is 16.3. The number of amides is 2. The number of aromatic nitrogens is 2. The maximum Gasteiger partial charge on any atom is 0.328 e. The first kappa shape index (κ1) is 19.5. The number of hydrogen-bond acceptors (Lipinski definition) is 5. The predicted octanol–water partition coefficient (Wildman–Crippen LogP) is 2.75. The Morgan fingerprint density at radius 3 is 2.78 bits per heavy atom. The summed E-state index contributed by atoms with van der Waals surface area (Å²) in [6.07, 6.45) is 4.23. The quantitative estimate of drug-likeness (QED) is 0.741. The summed E-state index contributed by atoms with van der Waals surface area (Å²) in [5, 5.41) is 2.82. The summed E-state index contributed by atoms with van der Waals surface area (Å²) in [5.41, 5.74) is 2.02. The van der Waals surface area contributed by atoms with Crippen molar-refractivity contribution in [1.82, 2.24) is 20.2 Å². The van der Waals surface area contributed by atoms with E-state index in [0.29, 0.717) is 25.4 Å². The number of nitrogens with zero attached hydrogens (tertiary/aromatic N) is 2. The van der Waals surface area contributed by atoms with Gasteiger partial charge < -0.3 is 19.9 Å². The van der Waals surface area contributed by atoms with Crippen LogP contribution in [0.4, 0.5) is 4.79 Å². The average Bonchev–Trinajstić information content (AvgIpc) is 3.14. The Labute approximate surface area is 163 Å². The van der Waals surface area contributed by atoms with Gasteiger partial charge in [0.2, 0.25) is 0 Å². The fourth-order valence-electron chi connectivity index (χ4n) is 3.39. The molecule has 0 spiro atoms. The fourth-order valence-corrected chi connectivity index (χ4v) is 3.86. The molecule has 1 saturated heterocycles. The number of aromatic amines is 1. The monoisotopic (exact) mass is 390 g/mol. The number of H-pyrrole nitrogens is 1. The van der Waals surface area contributed by atoms with E-state index in [2.05, 4.69) is 15.3 Å². The zero-order chi connectivity index (χ0) is 19.2. The Bertz CT molecular complexity index is 753. The molecule has 1 aromatic carbocycles. The first-order valence-corrected chi connectivity index (χ1v) is 10.6. The number of rotatable bonds is 6. The minimum Gasteiger partial charge on any atom is -0.467 e. The van der Waals surface area contributed by atoms with Gasteiger partial charge in [-0.05, 0) is 43.4 Å². The number of nitrogens with one attached hydrogen (secondary N) is 2. The van der Waals surface area contributed by atoms with E-state index >= 15 is 0 Å². The predicted molar refractivity (Wildman–Crippen MR) is 107 cm³/mol. The molecule has 2 amide bonds. The molecule has 8 heteroatoms. The molecule has 0 aliphatic carbocycles. The zero-order valence-electron chi connectivity index (χ0n) is 15.7. The number of urea groups is 1. The lowest BCUT2D eigenvalue weighted by atomic mass is 9.96. The second kappa shape index (κ2) is 9.12. The van der Waals surface area contributed by atoms with Gasteiger partial charge in [-0.15, -0.1) is 0 Å². The van der Waals surface area contributed by atoms with Crippen molar-refractivity contribution in [3.63, 3.8) is 0 Å². The molecule has 0 radical (unpaired) electrons. The Balaban J connectivity index is 1.55. The number of carbonyl (C=O) groups is 2. The molecule has 0 bridgehead atoms. The van der Waals surface area contributed by atoms with Gasteiger partial charge >= 0.3 is 12.0 Å². The summed E-state index contributed by atoms with van der Waals surface area (Å²) in [6, 6.07) is 7.20. The number of benzene rings is 1. The van der Waals surface area contributed by atoms with E-state index in [0.717, 1.165) is 35.5 Å². The van der Waals surface area contributed by atoms with Crippen molar-refractivity contribution >= 4 is 34.8 Å². The van der Waals surface area contributed by atoms with Gasteiger partial charge in [0.15, 0.2) is 0 Å². The molecule has 0 unspecified atom stereocenters. The van der Waals surface area contributed by atoms with Gasteiger partial charge in [-0.1, -0.05) is 12.1 Å². The SMILES string of the molecule is COC(=O)[C@@H](CCSC)NC(=O)N1CCC(c2nc3ccccc3[nH]2)CC1. The van der Waals surface area contributed by atoms with Crippen LogP contribution in [0.25, 0.3) is 11.0 Å². The van der Waals surface area contributed by atoms with Crippen LogP contribution < -0.4 is 5.32 Å². The number of fused-ring (bicyclic) bond motifs is 1. The maximum absolute atomic E-state index is 12.6. The maximum atomic E-state index is 12.6. The van der Waals surface area contributed by atoms with Crippen molar-refractivity contribution in [2.75, 3.05) is 32.2 Å². The molecule has 1 atom stereocenters. The van der Waals surface area contributed by atoms with Crippen LogP contribution in [0.1, 0.15) is 31.0 Å².